The molecule has 2 aromatic rings. The lowest BCUT2D eigenvalue weighted by molar-refractivity contribution is -0.141. The van der Waals surface area contributed by atoms with Crippen molar-refractivity contribution in [3.8, 4) is 6.07 Å². The van der Waals surface area contributed by atoms with Gasteiger partial charge in [-0.05, 0) is 30.4 Å². The van der Waals surface area contributed by atoms with Crippen LogP contribution in [0.3, 0.4) is 0 Å². The zero-order chi connectivity index (χ0) is 18.0. The van der Waals surface area contributed by atoms with Crippen molar-refractivity contribution in [2.24, 2.45) is 11.8 Å². The molecule has 0 spiro atoms. The van der Waals surface area contributed by atoms with Crippen LogP contribution in [-0.2, 0) is 9.53 Å². The third-order valence-corrected chi connectivity index (χ3v) is 4.59. The predicted octanol–water partition coefficient (Wildman–Crippen LogP) is 2.89. The smallest absolute Gasteiger partial charge is 0.329 e. The Morgan fingerprint density at radius 1 is 1.24 bits per heavy atom. The van der Waals surface area contributed by atoms with Crippen LogP contribution in [0.5, 0.6) is 0 Å². The van der Waals surface area contributed by atoms with E-state index in [0.29, 0.717) is 28.9 Å². The fourth-order valence-corrected chi connectivity index (χ4v) is 3.61. The number of ether oxygens (including phenoxy) is 1. The first-order valence-electron chi connectivity index (χ1n) is 8.52. The molecule has 0 bridgehead atoms. The van der Waals surface area contributed by atoms with Gasteiger partial charge in [-0.1, -0.05) is 26.0 Å². The number of esters is 1. The standard InChI is InChI=1S/C19H22N4O2/c1-12-8-13(2)11-23(10-12)18-17(14(9-20)19(24)25-3)21-15-6-4-5-7-16(15)22-18/h4-7,12-14H,8,10-11H2,1-3H3/t12-,13-,14+/m0/s1. The van der Waals surface area contributed by atoms with E-state index >= 15 is 0 Å². The second-order valence-electron chi connectivity index (χ2n) is 6.86. The number of carbonyl (C=O) groups is 1. The molecule has 3 atom stereocenters. The van der Waals surface area contributed by atoms with Gasteiger partial charge in [0.25, 0.3) is 0 Å². The predicted molar refractivity (Wildman–Crippen MR) is 95.1 cm³/mol. The molecule has 0 N–H and O–H groups in total. The summed E-state index contributed by atoms with van der Waals surface area (Å²) in [6.07, 6.45) is 1.16. The molecular formula is C19H22N4O2. The van der Waals surface area contributed by atoms with Gasteiger partial charge in [0.2, 0.25) is 0 Å². The van der Waals surface area contributed by atoms with Gasteiger partial charge in [0.15, 0.2) is 11.7 Å². The lowest BCUT2D eigenvalue weighted by atomic mass is 9.91. The molecule has 1 fully saturated rings. The third-order valence-electron chi connectivity index (χ3n) is 4.59. The molecular weight excluding hydrogens is 316 g/mol. The lowest BCUT2D eigenvalue weighted by Crippen LogP contribution is -2.40. The molecule has 0 aliphatic carbocycles. The summed E-state index contributed by atoms with van der Waals surface area (Å²) in [5.41, 5.74) is 1.81. The van der Waals surface area contributed by atoms with Gasteiger partial charge in [0.05, 0.1) is 24.2 Å². The number of rotatable bonds is 3. The van der Waals surface area contributed by atoms with Gasteiger partial charge in [0.1, 0.15) is 5.69 Å². The van der Waals surface area contributed by atoms with E-state index in [2.05, 4.69) is 23.7 Å². The molecule has 1 aliphatic heterocycles. The van der Waals surface area contributed by atoms with Gasteiger partial charge in [-0.15, -0.1) is 0 Å². The minimum Gasteiger partial charge on any atom is -0.468 e. The van der Waals surface area contributed by atoms with E-state index in [1.54, 1.807) is 0 Å². The topological polar surface area (TPSA) is 79.1 Å². The number of aromatic nitrogens is 2. The number of fused-ring (bicyclic) bond motifs is 1. The Kier molecular flexibility index (Phi) is 4.84. The van der Waals surface area contributed by atoms with Crippen LogP contribution in [0.2, 0.25) is 0 Å². The van der Waals surface area contributed by atoms with E-state index in [4.69, 9.17) is 9.72 Å². The van der Waals surface area contributed by atoms with Gasteiger partial charge in [-0.2, -0.15) is 5.26 Å². The molecule has 6 heteroatoms. The number of nitrogens with zero attached hydrogens (tertiary/aromatic N) is 4. The molecule has 0 unspecified atom stereocenters. The Morgan fingerprint density at radius 3 is 2.40 bits per heavy atom. The number of carbonyl (C=O) groups excluding carboxylic acids is 1. The van der Waals surface area contributed by atoms with Crippen LogP contribution in [0.1, 0.15) is 31.9 Å². The molecule has 0 radical (unpaired) electrons. The largest absolute Gasteiger partial charge is 0.468 e. The molecule has 25 heavy (non-hydrogen) atoms. The average Bonchev–Trinajstić information content (AvgIpc) is 2.60. The molecule has 1 aliphatic rings. The second kappa shape index (κ2) is 7.06. The minimum absolute atomic E-state index is 0.384. The van der Waals surface area contributed by atoms with E-state index in [-0.39, 0.29) is 0 Å². The van der Waals surface area contributed by atoms with Gasteiger partial charge in [0, 0.05) is 13.1 Å². The highest BCUT2D eigenvalue weighted by Crippen LogP contribution is 2.32. The van der Waals surface area contributed by atoms with Gasteiger partial charge in [-0.25, -0.2) is 9.97 Å². The Hall–Kier alpha value is -2.68. The van der Waals surface area contributed by atoms with Crippen molar-refractivity contribution < 1.29 is 9.53 Å². The molecule has 1 saturated heterocycles. The van der Waals surface area contributed by atoms with Gasteiger partial charge < -0.3 is 9.64 Å². The number of hydrogen-bond acceptors (Lipinski definition) is 6. The summed E-state index contributed by atoms with van der Waals surface area (Å²) in [5.74, 6) is -0.0304. The van der Waals surface area contributed by atoms with Crippen LogP contribution in [0, 0.1) is 23.2 Å². The van der Waals surface area contributed by atoms with Crippen molar-refractivity contribution in [3.63, 3.8) is 0 Å². The van der Waals surface area contributed by atoms with Crippen LogP contribution in [0.25, 0.3) is 11.0 Å². The van der Waals surface area contributed by atoms with Crippen LogP contribution >= 0.6 is 0 Å². The quantitative estimate of drug-likeness (QED) is 0.801. The Labute approximate surface area is 147 Å². The summed E-state index contributed by atoms with van der Waals surface area (Å²) in [4.78, 5) is 23.6. The number of anilines is 1. The van der Waals surface area contributed by atoms with Gasteiger partial charge >= 0.3 is 5.97 Å². The molecule has 1 aromatic heterocycles. The SMILES string of the molecule is COC(=O)[C@H](C#N)c1nc2ccccc2nc1N1C[C@@H](C)C[C@H](C)C1. The van der Waals surface area contributed by atoms with Crippen molar-refractivity contribution in [2.75, 3.05) is 25.1 Å². The van der Waals surface area contributed by atoms with Gasteiger partial charge in [-0.3, -0.25) is 4.79 Å². The summed E-state index contributed by atoms with van der Waals surface area (Å²) in [5, 5.41) is 9.54. The van der Waals surface area contributed by atoms with E-state index in [0.717, 1.165) is 25.0 Å². The Morgan fingerprint density at radius 2 is 1.84 bits per heavy atom. The van der Waals surface area contributed by atoms with Crippen LogP contribution < -0.4 is 4.90 Å². The minimum atomic E-state index is -1.08. The highest BCUT2D eigenvalue weighted by Gasteiger charge is 2.32. The summed E-state index contributed by atoms with van der Waals surface area (Å²) in [6.45, 7) is 6.09. The molecule has 0 saturated carbocycles. The zero-order valence-electron chi connectivity index (χ0n) is 14.8. The van der Waals surface area contributed by atoms with E-state index in [1.807, 2.05) is 30.3 Å². The number of nitriles is 1. The third kappa shape index (κ3) is 3.41. The maximum atomic E-state index is 12.1. The molecule has 0 amide bonds. The monoisotopic (exact) mass is 338 g/mol. The molecule has 1 aromatic carbocycles. The van der Waals surface area contributed by atoms with Crippen molar-refractivity contribution in [2.45, 2.75) is 26.2 Å². The summed E-state index contributed by atoms with van der Waals surface area (Å²) in [7, 11) is 1.28. The van der Waals surface area contributed by atoms with E-state index in [9.17, 15) is 10.1 Å². The highest BCUT2D eigenvalue weighted by atomic mass is 16.5. The number of benzene rings is 1. The van der Waals surface area contributed by atoms with Crippen LogP contribution in [-0.4, -0.2) is 36.1 Å². The zero-order valence-corrected chi connectivity index (χ0v) is 14.8. The Bertz CT molecular complexity index is 820. The summed E-state index contributed by atoms with van der Waals surface area (Å²) >= 11 is 0. The number of methoxy groups -OCH3 is 1. The van der Waals surface area contributed by atoms with Crippen LogP contribution in [0.15, 0.2) is 24.3 Å². The first-order chi connectivity index (χ1) is 12.0. The lowest BCUT2D eigenvalue weighted by Gasteiger charge is -2.36. The Balaban J connectivity index is 2.15. The fourth-order valence-electron chi connectivity index (χ4n) is 3.61. The van der Waals surface area contributed by atoms with E-state index in [1.165, 1.54) is 7.11 Å². The van der Waals surface area contributed by atoms with Crippen molar-refractivity contribution >= 4 is 22.8 Å². The highest BCUT2D eigenvalue weighted by molar-refractivity contribution is 5.85. The van der Waals surface area contributed by atoms with E-state index < -0.39 is 11.9 Å². The molecule has 130 valence electrons. The average molecular weight is 338 g/mol. The number of hydrogen-bond donors (Lipinski definition) is 0. The maximum Gasteiger partial charge on any atom is 0.329 e. The summed E-state index contributed by atoms with van der Waals surface area (Å²) < 4.78 is 4.81. The van der Waals surface area contributed by atoms with Crippen molar-refractivity contribution in [1.29, 1.82) is 5.26 Å². The number of para-hydroxylation sites is 2. The van der Waals surface area contributed by atoms with Crippen molar-refractivity contribution in [3.05, 3.63) is 30.0 Å². The number of piperidine rings is 1. The normalized spacial score (nSPS) is 21.6. The fraction of sp³-hybridized carbons (Fsp3) is 0.474. The maximum absolute atomic E-state index is 12.1. The van der Waals surface area contributed by atoms with Crippen molar-refractivity contribution in [1.82, 2.24) is 9.97 Å². The molecule has 3 rings (SSSR count). The first-order valence-corrected chi connectivity index (χ1v) is 8.52. The molecule has 6 nitrogen and oxygen atoms in total. The van der Waals surface area contributed by atoms with Crippen LogP contribution in [0.4, 0.5) is 5.82 Å². The second-order valence-corrected chi connectivity index (χ2v) is 6.86. The summed E-state index contributed by atoms with van der Waals surface area (Å²) in [6, 6.07) is 9.54. The molecule has 2 heterocycles. The first kappa shape index (κ1) is 17.2.